The van der Waals surface area contributed by atoms with E-state index in [1.54, 1.807) is 5.56 Å². The summed E-state index contributed by atoms with van der Waals surface area (Å²) in [6.07, 6.45) is 10.4. The fourth-order valence-corrected chi connectivity index (χ4v) is 3.14. The first-order valence-electron chi connectivity index (χ1n) is 7.64. The highest BCUT2D eigenvalue weighted by molar-refractivity contribution is 5.26. The largest absolute Gasteiger partial charge is 0.327 e. The average Bonchev–Trinajstić information content (AvgIpc) is 2.41. The third kappa shape index (κ3) is 3.84. The summed E-state index contributed by atoms with van der Waals surface area (Å²) < 4.78 is 0. The van der Waals surface area contributed by atoms with Crippen molar-refractivity contribution in [3.05, 3.63) is 35.4 Å². The molecule has 0 aromatic heterocycles. The van der Waals surface area contributed by atoms with Crippen molar-refractivity contribution in [2.24, 2.45) is 5.73 Å². The van der Waals surface area contributed by atoms with E-state index in [0.29, 0.717) is 6.04 Å². The molecular formula is C17H27N. The minimum Gasteiger partial charge on any atom is -0.327 e. The standard InChI is InChI=1S/C17H27N/c1-2-6-17(18)13-14-9-11-16(12-10-14)15-7-4-3-5-8-15/h9-12,15,17H,2-8,13,18H2,1H3. The van der Waals surface area contributed by atoms with Crippen molar-refractivity contribution in [1.82, 2.24) is 0 Å². The van der Waals surface area contributed by atoms with E-state index in [-0.39, 0.29) is 0 Å². The molecule has 1 aliphatic carbocycles. The lowest BCUT2D eigenvalue weighted by Crippen LogP contribution is -2.22. The molecule has 1 heteroatoms. The molecule has 0 heterocycles. The smallest absolute Gasteiger partial charge is 0.00792 e. The summed E-state index contributed by atoms with van der Waals surface area (Å²) in [6, 6.07) is 9.59. The lowest BCUT2D eigenvalue weighted by atomic mass is 9.84. The van der Waals surface area contributed by atoms with Crippen molar-refractivity contribution >= 4 is 0 Å². The Balaban J connectivity index is 1.92. The lowest BCUT2D eigenvalue weighted by molar-refractivity contribution is 0.443. The van der Waals surface area contributed by atoms with Crippen LogP contribution in [0.2, 0.25) is 0 Å². The fraction of sp³-hybridized carbons (Fsp3) is 0.647. The minimum atomic E-state index is 0.329. The van der Waals surface area contributed by atoms with Gasteiger partial charge in [0.2, 0.25) is 0 Å². The Morgan fingerprint density at radius 1 is 1.11 bits per heavy atom. The van der Waals surface area contributed by atoms with E-state index in [2.05, 4.69) is 31.2 Å². The van der Waals surface area contributed by atoms with Crippen LogP contribution in [-0.2, 0) is 6.42 Å². The Kier molecular flexibility index (Phi) is 5.25. The molecule has 18 heavy (non-hydrogen) atoms. The van der Waals surface area contributed by atoms with Gasteiger partial charge in [-0.15, -0.1) is 0 Å². The summed E-state index contributed by atoms with van der Waals surface area (Å²) in [7, 11) is 0. The van der Waals surface area contributed by atoms with Crippen LogP contribution in [0, 0.1) is 0 Å². The van der Waals surface area contributed by atoms with Crippen molar-refractivity contribution in [1.29, 1.82) is 0 Å². The van der Waals surface area contributed by atoms with Crippen LogP contribution in [0.1, 0.15) is 68.9 Å². The van der Waals surface area contributed by atoms with E-state index >= 15 is 0 Å². The van der Waals surface area contributed by atoms with Crippen molar-refractivity contribution in [3.8, 4) is 0 Å². The Morgan fingerprint density at radius 2 is 1.78 bits per heavy atom. The molecule has 2 rings (SSSR count). The van der Waals surface area contributed by atoms with Gasteiger partial charge in [-0.2, -0.15) is 0 Å². The van der Waals surface area contributed by atoms with Gasteiger partial charge in [0.05, 0.1) is 0 Å². The minimum absolute atomic E-state index is 0.329. The summed E-state index contributed by atoms with van der Waals surface area (Å²) in [5, 5.41) is 0. The molecule has 0 aliphatic heterocycles. The second-order valence-corrected chi connectivity index (χ2v) is 5.83. The van der Waals surface area contributed by atoms with Crippen LogP contribution in [-0.4, -0.2) is 6.04 Å². The topological polar surface area (TPSA) is 26.0 Å². The van der Waals surface area contributed by atoms with Crippen molar-refractivity contribution < 1.29 is 0 Å². The SMILES string of the molecule is CCCC(N)Cc1ccc(C2CCCCC2)cc1. The molecule has 0 bridgehead atoms. The number of benzene rings is 1. The first kappa shape index (κ1) is 13.6. The van der Waals surface area contributed by atoms with Gasteiger partial charge < -0.3 is 5.73 Å². The van der Waals surface area contributed by atoms with Gasteiger partial charge in [0, 0.05) is 6.04 Å². The Bertz CT molecular complexity index is 335. The molecule has 1 saturated carbocycles. The highest BCUT2D eigenvalue weighted by atomic mass is 14.6. The molecule has 1 atom stereocenters. The fourth-order valence-electron chi connectivity index (χ4n) is 3.14. The van der Waals surface area contributed by atoms with E-state index in [9.17, 15) is 0 Å². The van der Waals surface area contributed by atoms with Gasteiger partial charge in [-0.1, -0.05) is 56.9 Å². The van der Waals surface area contributed by atoms with Gasteiger partial charge in [-0.05, 0) is 42.7 Å². The van der Waals surface area contributed by atoms with Crippen LogP contribution < -0.4 is 5.73 Å². The van der Waals surface area contributed by atoms with Crippen LogP contribution in [0.5, 0.6) is 0 Å². The van der Waals surface area contributed by atoms with E-state index in [1.165, 1.54) is 44.1 Å². The van der Waals surface area contributed by atoms with Gasteiger partial charge in [-0.25, -0.2) is 0 Å². The Hall–Kier alpha value is -0.820. The summed E-state index contributed by atoms with van der Waals surface area (Å²) in [5.41, 5.74) is 9.04. The van der Waals surface area contributed by atoms with Crippen LogP contribution in [0.4, 0.5) is 0 Å². The van der Waals surface area contributed by atoms with E-state index in [4.69, 9.17) is 5.73 Å². The third-order valence-electron chi connectivity index (χ3n) is 4.21. The zero-order chi connectivity index (χ0) is 12.8. The molecule has 1 nitrogen and oxygen atoms in total. The first-order valence-corrected chi connectivity index (χ1v) is 7.64. The van der Waals surface area contributed by atoms with E-state index < -0.39 is 0 Å². The maximum atomic E-state index is 6.10. The molecule has 0 amide bonds. The average molecular weight is 245 g/mol. The van der Waals surface area contributed by atoms with Gasteiger partial charge in [0.15, 0.2) is 0 Å². The highest BCUT2D eigenvalue weighted by Gasteiger charge is 2.15. The molecule has 1 fully saturated rings. The third-order valence-corrected chi connectivity index (χ3v) is 4.21. The van der Waals surface area contributed by atoms with Gasteiger partial charge in [-0.3, -0.25) is 0 Å². The molecular weight excluding hydrogens is 218 g/mol. The molecule has 0 radical (unpaired) electrons. The quantitative estimate of drug-likeness (QED) is 0.817. The summed E-state index contributed by atoms with van der Waals surface area (Å²) >= 11 is 0. The normalized spacial score (nSPS) is 18.8. The zero-order valence-electron chi connectivity index (χ0n) is 11.7. The maximum absolute atomic E-state index is 6.10. The highest BCUT2D eigenvalue weighted by Crippen LogP contribution is 2.32. The van der Waals surface area contributed by atoms with Crippen molar-refractivity contribution in [3.63, 3.8) is 0 Å². The first-order chi connectivity index (χ1) is 8.79. The van der Waals surface area contributed by atoms with Crippen LogP contribution in [0.3, 0.4) is 0 Å². The second-order valence-electron chi connectivity index (χ2n) is 5.83. The number of nitrogens with two attached hydrogens (primary N) is 1. The lowest BCUT2D eigenvalue weighted by Gasteiger charge is -2.22. The predicted molar refractivity (Wildman–Crippen MR) is 78.9 cm³/mol. The van der Waals surface area contributed by atoms with Crippen LogP contribution in [0.25, 0.3) is 0 Å². The zero-order valence-corrected chi connectivity index (χ0v) is 11.7. The number of rotatable bonds is 5. The molecule has 100 valence electrons. The molecule has 1 aliphatic rings. The van der Waals surface area contributed by atoms with Gasteiger partial charge in [0.25, 0.3) is 0 Å². The van der Waals surface area contributed by atoms with Crippen molar-refractivity contribution in [2.45, 2.75) is 70.3 Å². The van der Waals surface area contributed by atoms with Crippen LogP contribution >= 0.6 is 0 Å². The van der Waals surface area contributed by atoms with E-state index in [1.807, 2.05) is 0 Å². The molecule has 0 saturated heterocycles. The summed E-state index contributed by atoms with van der Waals surface area (Å²) in [5.74, 6) is 0.817. The van der Waals surface area contributed by atoms with Crippen LogP contribution in [0.15, 0.2) is 24.3 Å². The maximum Gasteiger partial charge on any atom is 0.00792 e. The monoisotopic (exact) mass is 245 g/mol. The van der Waals surface area contributed by atoms with E-state index in [0.717, 1.165) is 18.8 Å². The predicted octanol–water partition coefficient (Wildman–Crippen LogP) is 4.40. The Labute approximate surface area is 112 Å². The Morgan fingerprint density at radius 3 is 2.39 bits per heavy atom. The van der Waals surface area contributed by atoms with Crippen molar-refractivity contribution in [2.75, 3.05) is 0 Å². The molecule has 1 aromatic carbocycles. The molecule has 1 aromatic rings. The van der Waals surface area contributed by atoms with Gasteiger partial charge in [0.1, 0.15) is 0 Å². The number of hydrogen-bond donors (Lipinski definition) is 1. The summed E-state index contributed by atoms with van der Waals surface area (Å²) in [4.78, 5) is 0. The van der Waals surface area contributed by atoms with Gasteiger partial charge >= 0.3 is 0 Å². The molecule has 0 spiro atoms. The molecule has 1 unspecified atom stereocenters. The molecule has 2 N–H and O–H groups in total. The number of hydrogen-bond acceptors (Lipinski definition) is 1. The summed E-state index contributed by atoms with van der Waals surface area (Å²) in [6.45, 7) is 2.20. The second kappa shape index (κ2) is 6.94.